The molecule has 1 saturated carbocycles. The Bertz CT molecular complexity index is 1150. The minimum absolute atomic E-state index is 0.0783. The molecule has 0 spiro atoms. The van der Waals surface area contributed by atoms with Crippen molar-refractivity contribution in [1.29, 1.82) is 0 Å². The van der Waals surface area contributed by atoms with Gasteiger partial charge >= 0.3 is 6.09 Å². The molecule has 3 rings (SSSR count). The lowest BCUT2D eigenvalue weighted by Gasteiger charge is -2.36. The lowest BCUT2D eigenvalue weighted by atomic mass is 9.91. The van der Waals surface area contributed by atoms with Crippen LogP contribution in [0.5, 0.6) is 5.75 Å². The molecule has 0 bridgehead atoms. The molecule has 3 N–H and O–H groups in total. The van der Waals surface area contributed by atoms with E-state index in [2.05, 4.69) is 10.6 Å². The number of phenols is 1. The lowest BCUT2D eigenvalue weighted by Crippen LogP contribution is -2.54. The van der Waals surface area contributed by atoms with E-state index in [9.17, 15) is 19.5 Å². The molecule has 1 fully saturated rings. The molecule has 2 unspecified atom stereocenters. The fraction of sp³-hybridized carbons (Fsp3) is 0.531. The molecule has 0 saturated heterocycles. The number of aryl methyl sites for hydroxylation is 2. The number of benzene rings is 2. The number of likely N-dealkylation sites (N-methyl/N-ethyl adjacent to an activating group) is 1. The van der Waals surface area contributed by atoms with E-state index in [1.54, 1.807) is 49.9 Å². The van der Waals surface area contributed by atoms with Crippen LogP contribution >= 0.6 is 0 Å². The van der Waals surface area contributed by atoms with E-state index in [0.717, 1.165) is 47.9 Å². The summed E-state index contributed by atoms with van der Waals surface area (Å²) in [4.78, 5) is 42.7. The van der Waals surface area contributed by atoms with Gasteiger partial charge in [0.05, 0.1) is 0 Å². The van der Waals surface area contributed by atoms with E-state index in [1.807, 2.05) is 39.0 Å². The number of carbonyl (C=O) groups excluding carboxylic acids is 3. The highest BCUT2D eigenvalue weighted by molar-refractivity contribution is 5.92. The Morgan fingerprint density at radius 2 is 1.60 bits per heavy atom. The Balaban J connectivity index is 2.00. The number of alkyl carbamates (subject to hydrolysis) is 1. The highest BCUT2D eigenvalue weighted by Crippen LogP contribution is 2.30. The van der Waals surface area contributed by atoms with Crippen LogP contribution in [0.4, 0.5) is 4.79 Å². The Morgan fingerprint density at radius 3 is 2.15 bits per heavy atom. The summed E-state index contributed by atoms with van der Waals surface area (Å²) in [5.41, 5.74) is 2.64. The van der Waals surface area contributed by atoms with Crippen molar-refractivity contribution in [3.63, 3.8) is 0 Å². The smallest absolute Gasteiger partial charge is 0.408 e. The van der Waals surface area contributed by atoms with Crippen LogP contribution in [0.1, 0.15) is 88.1 Å². The van der Waals surface area contributed by atoms with Gasteiger partial charge in [-0.1, -0.05) is 49.6 Å². The first-order chi connectivity index (χ1) is 18.9. The normalized spacial score (nSPS) is 15.6. The van der Waals surface area contributed by atoms with E-state index >= 15 is 0 Å². The third-order valence-electron chi connectivity index (χ3n) is 7.32. The molecule has 218 valence electrons. The first kappa shape index (κ1) is 31.0. The average molecular weight is 552 g/mol. The predicted octanol–water partition coefficient (Wildman–Crippen LogP) is 5.48. The monoisotopic (exact) mass is 551 g/mol. The van der Waals surface area contributed by atoms with Gasteiger partial charge in [-0.05, 0) is 88.8 Å². The van der Waals surface area contributed by atoms with Gasteiger partial charge in [0.1, 0.15) is 23.4 Å². The number of aromatic hydroxyl groups is 1. The molecule has 2 aromatic rings. The molecule has 0 heterocycles. The van der Waals surface area contributed by atoms with Gasteiger partial charge in [-0.3, -0.25) is 9.59 Å². The van der Waals surface area contributed by atoms with Gasteiger partial charge in [0, 0.05) is 19.0 Å². The van der Waals surface area contributed by atoms with Crippen LogP contribution in [0, 0.1) is 13.8 Å². The summed E-state index contributed by atoms with van der Waals surface area (Å²) in [5.74, 6) is -0.482. The maximum atomic E-state index is 14.3. The summed E-state index contributed by atoms with van der Waals surface area (Å²) >= 11 is 0. The maximum absolute atomic E-state index is 14.3. The molecule has 2 atom stereocenters. The molecule has 8 heteroatoms. The Morgan fingerprint density at radius 1 is 1.00 bits per heavy atom. The van der Waals surface area contributed by atoms with Crippen molar-refractivity contribution in [2.45, 2.75) is 104 Å². The summed E-state index contributed by atoms with van der Waals surface area (Å²) in [6.45, 7) is 11.3. The fourth-order valence-electron chi connectivity index (χ4n) is 5.40. The van der Waals surface area contributed by atoms with Gasteiger partial charge in [0.2, 0.25) is 11.8 Å². The van der Waals surface area contributed by atoms with E-state index in [1.165, 1.54) is 6.42 Å². The van der Waals surface area contributed by atoms with Gasteiger partial charge < -0.3 is 25.4 Å². The van der Waals surface area contributed by atoms with Crippen LogP contribution < -0.4 is 10.6 Å². The van der Waals surface area contributed by atoms with Crippen LogP contribution in [0.25, 0.3) is 0 Å². The van der Waals surface area contributed by atoms with Gasteiger partial charge in [-0.25, -0.2) is 4.79 Å². The van der Waals surface area contributed by atoms with Crippen molar-refractivity contribution in [1.82, 2.24) is 15.5 Å². The van der Waals surface area contributed by atoms with Crippen LogP contribution in [-0.4, -0.2) is 52.1 Å². The van der Waals surface area contributed by atoms with Crippen LogP contribution in [0.2, 0.25) is 0 Å². The summed E-state index contributed by atoms with van der Waals surface area (Å²) in [6, 6.07) is 10.6. The van der Waals surface area contributed by atoms with Crippen molar-refractivity contribution >= 4 is 17.9 Å². The second kappa shape index (κ2) is 13.7. The van der Waals surface area contributed by atoms with Crippen molar-refractivity contribution in [2.75, 3.05) is 6.54 Å². The molecule has 8 nitrogen and oxygen atoms in total. The number of phenolic OH excluding ortho intramolecular Hbond substituents is 1. The number of rotatable bonds is 9. The molecule has 1 aliphatic rings. The van der Waals surface area contributed by atoms with Gasteiger partial charge in [0.15, 0.2) is 0 Å². The van der Waals surface area contributed by atoms with Crippen molar-refractivity contribution in [2.24, 2.45) is 0 Å². The number of carbonyl (C=O) groups is 3. The molecule has 0 aromatic heterocycles. The van der Waals surface area contributed by atoms with E-state index in [0.29, 0.717) is 0 Å². The summed E-state index contributed by atoms with van der Waals surface area (Å²) < 4.78 is 5.48. The minimum atomic E-state index is -0.992. The Hall–Kier alpha value is -3.55. The first-order valence-corrected chi connectivity index (χ1v) is 14.3. The molecule has 2 aromatic carbocycles. The lowest BCUT2D eigenvalue weighted by molar-refractivity contribution is -0.142. The quantitative estimate of drug-likeness (QED) is 0.382. The first-order valence-electron chi connectivity index (χ1n) is 14.3. The van der Waals surface area contributed by atoms with Crippen LogP contribution in [0.15, 0.2) is 42.5 Å². The third kappa shape index (κ3) is 8.47. The average Bonchev–Trinajstić information content (AvgIpc) is 2.88. The van der Waals surface area contributed by atoms with Crippen molar-refractivity contribution in [3.05, 3.63) is 64.7 Å². The van der Waals surface area contributed by atoms with Crippen molar-refractivity contribution in [3.8, 4) is 5.75 Å². The zero-order valence-corrected chi connectivity index (χ0v) is 24.8. The molecule has 0 aliphatic heterocycles. The van der Waals surface area contributed by atoms with Gasteiger partial charge in [0.25, 0.3) is 0 Å². The number of hydrogen-bond acceptors (Lipinski definition) is 5. The van der Waals surface area contributed by atoms with E-state index < -0.39 is 23.8 Å². The SMILES string of the molecule is CCN(C(=O)C(Cc1ccc(O)cc1)NC(=O)OC(C)(C)C)C(C(=O)NC1CCCCC1)c1c(C)cccc1C. The molecular weight excluding hydrogens is 506 g/mol. The second-order valence-corrected chi connectivity index (χ2v) is 11.7. The van der Waals surface area contributed by atoms with E-state index in [-0.39, 0.29) is 36.6 Å². The summed E-state index contributed by atoms with van der Waals surface area (Å²) in [7, 11) is 0. The largest absolute Gasteiger partial charge is 0.508 e. The molecular formula is C32H45N3O5. The minimum Gasteiger partial charge on any atom is -0.508 e. The summed E-state index contributed by atoms with van der Waals surface area (Å²) in [5, 5.41) is 15.7. The standard InChI is InChI=1S/C32H45N3O5/c1-7-35(28(27-21(2)12-11-13-22(27)3)29(37)33-24-14-9-8-10-15-24)30(38)26(34-31(39)40-32(4,5)6)20-23-16-18-25(36)19-17-23/h11-13,16-19,24,26,28,36H,7-10,14-15,20H2,1-6H3,(H,33,37)(H,34,39). The Labute approximate surface area is 238 Å². The molecule has 40 heavy (non-hydrogen) atoms. The highest BCUT2D eigenvalue weighted by atomic mass is 16.6. The predicted molar refractivity (Wildman–Crippen MR) is 156 cm³/mol. The second-order valence-electron chi connectivity index (χ2n) is 11.7. The molecule has 3 amide bonds. The van der Waals surface area contributed by atoms with Crippen LogP contribution in [0.3, 0.4) is 0 Å². The maximum Gasteiger partial charge on any atom is 0.408 e. The zero-order valence-electron chi connectivity index (χ0n) is 24.8. The topological polar surface area (TPSA) is 108 Å². The number of ether oxygens (including phenoxy) is 1. The fourth-order valence-corrected chi connectivity index (χ4v) is 5.40. The number of hydrogen-bond donors (Lipinski definition) is 3. The Kier molecular flexibility index (Phi) is 10.6. The molecule has 1 aliphatic carbocycles. The number of amides is 3. The molecule has 0 radical (unpaired) electrons. The van der Waals surface area contributed by atoms with Gasteiger partial charge in [-0.2, -0.15) is 0 Å². The zero-order chi connectivity index (χ0) is 29.4. The summed E-state index contributed by atoms with van der Waals surface area (Å²) in [6.07, 6.45) is 4.62. The van der Waals surface area contributed by atoms with Crippen LogP contribution in [-0.2, 0) is 20.7 Å². The van der Waals surface area contributed by atoms with Gasteiger partial charge in [-0.15, -0.1) is 0 Å². The van der Waals surface area contributed by atoms with E-state index in [4.69, 9.17) is 4.74 Å². The highest BCUT2D eigenvalue weighted by Gasteiger charge is 2.37. The third-order valence-corrected chi connectivity index (χ3v) is 7.32. The van der Waals surface area contributed by atoms with Crippen molar-refractivity contribution < 1.29 is 24.2 Å². The number of nitrogens with one attached hydrogen (secondary N) is 2. The number of nitrogens with zero attached hydrogens (tertiary/aromatic N) is 1.